The molecule has 1 aliphatic carbocycles. The van der Waals surface area contributed by atoms with E-state index in [0.717, 1.165) is 17.9 Å². The fourth-order valence-electron chi connectivity index (χ4n) is 4.93. The van der Waals surface area contributed by atoms with Gasteiger partial charge in [-0.15, -0.1) is 0 Å². The third-order valence-corrected chi connectivity index (χ3v) is 6.30. The molecule has 0 fully saturated rings. The van der Waals surface area contributed by atoms with Crippen LogP contribution in [-0.4, -0.2) is 0 Å². The van der Waals surface area contributed by atoms with Gasteiger partial charge in [-0.1, -0.05) is 74.3 Å². The van der Waals surface area contributed by atoms with E-state index in [1.807, 2.05) is 6.07 Å². The molecule has 0 unspecified atom stereocenters. The van der Waals surface area contributed by atoms with Gasteiger partial charge in [-0.05, 0) is 86.3 Å². The summed E-state index contributed by atoms with van der Waals surface area (Å²) in [5.74, 6) is 0. The molecule has 0 saturated carbocycles. The van der Waals surface area contributed by atoms with Crippen molar-refractivity contribution in [1.82, 2.24) is 0 Å². The van der Waals surface area contributed by atoms with Gasteiger partial charge in [0.1, 0.15) is 0 Å². The Labute approximate surface area is 165 Å². The maximum absolute atomic E-state index is 6.43. The number of fused-ring (bicyclic) bond motifs is 4. The molecule has 0 saturated heterocycles. The zero-order valence-corrected chi connectivity index (χ0v) is 16.7. The quantitative estimate of drug-likeness (QED) is 0.299. The van der Waals surface area contributed by atoms with Gasteiger partial charge in [-0.3, -0.25) is 0 Å². The van der Waals surface area contributed by atoms with Crippen molar-refractivity contribution in [3.63, 3.8) is 0 Å². The Morgan fingerprint density at radius 3 is 2.15 bits per heavy atom. The monoisotopic (exact) mass is 370 g/mol. The lowest BCUT2D eigenvalue weighted by Crippen LogP contribution is -1.98. The van der Waals surface area contributed by atoms with E-state index in [4.69, 9.17) is 11.6 Å². The van der Waals surface area contributed by atoms with Crippen LogP contribution in [0.25, 0.3) is 43.8 Å². The van der Waals surface area contributed by atoms with Crippen molar-refractivity contribution >= 4 is 33.1 Å². The molecule has 4 aromatic rings. The minimum Gasteiger partial charge on any atom is -0.0843 e. The number of hydrogen-bond donors (Lipinski definition) is 0. The van der Waals surface area contributed by atoms with Gasteiger partial charge < -0.3 is 0 Å². The first-order chi connectivity index (χ1) is 13.2. The molecule has 0 aromatic heterocycles. The highest BCUT2D eigenvalue weighted by atomic mass is 35.5. The Bertz CT molecular complexity index is 1190. The Balaban J connectivity index is 2.00. The molecule has 0 spiro atoms. The lowest BCUT2D eigenvalue weighted by Gasteiger charge is -2.19. The summed E-state index contributed by atoms with van der Waals surface area (Å²) in [5, 5.41) is 6.30. The van der Waals surface area contributed by atoms with E-state index in [9.17, 15) is 0 Å². The van der Waals surface area contributed by atoms with Crippen LogP contribution in [0, 0.1) is 0 Å². The third kappa shape index (κ3) is 2.36. The van der Waals surface area contributed by atoms with Crippen molar-refractivity contribution in [2.75, 3.05) is 0 Å². The molecule has 1 aliphatic rings. The minimum absolute atomic E-state index is 0.826. The van der Waals surface area contributed by atoms with Gasteiger partial charge in [-0.2, -0.15) is 0 Å². The maximum atomic E-state index is 6.43. The summed E-state index contributed by atoms with van der Waals surface area (Å²) < 4.78 is 0. The van der Waals surface area contributed by atoms with E-state index in [-0.39, 0.29) is 0 Å². The largest absolute Gasteiger partial charge is 0.0843 e. The van der Waals surface area contributed by atoms with Gasteiger partial charge in [0.05, 0.1) is 0 Å². The average molecular weight is 371 g/mol. The molecular formula is C26H23Cl. The molecule has 5 rings (SSSR count). The Hall–Kier alpha value is -2.31. The number of rotatable bonds is 4. The molecule has 27 heavy (non-hydrogen) atoms. The number of halogens is 1. The van der Waals surface area contributed by atoms with Gasteiger partial charge in [0.15, 0.2) is 0 Å². The predicted octanol–water partition coefficient (Wildman–Crippen LogP) is 8.20. The fourth-order valence-corrected chi connectivity index (χ4v) is 5.11. The smallest absolute Gasteiger partial charge is 0.0412 e. The summed E-state index contributed by atoms with van der Waals surface area (Å²) in [4.78, 5) is 0. The van der Waals surface area contributed by atoms with Crippen LogP contribution in [0.2, 0.25) is 5.02 Å². The second-order valence-electron chi connectivity index (χ2n) is 7.56. The average Bonchev–Trinajstić information content (AvgIpc) is 3.02. The molecule has 0 nitrogen and oxygen atoms in total. The summed E-state index contributed by atoms with van der Waals surface area (Å²) in [6.45, 7) is 4.54. The first-order valence-electron chi connectivity index (χ1n) is 10.0. The molecule has 0 amide bonds. The van der Waals surface area contributed by atoms with Gasteiger partial charge in [0.25, 0.3) is 0 Å². The predicted molar refractivity (Wildman–Crippen MR) is 119 cm³/mol. The molecule has 0 bridgehead atoms. The van der Waals surface area contributed by atoms with E-state index in [0.29, 0.717) is 0 Å². The van der Waals surface area contributed by atoms with E-state index in [2.05, 4.69) is 62.4 Å². The van der Waals surface area contributed by atoms with Crippen molar-refractivity contribution in [2.24, 2.45) is 0 Å². The van der Waals surface area contributed by atoms with Crippen molar-refractivity contribution in [3.05, 3.63) is 70.7 Å². The Morgan fingerprint density at radius 1 is 0.778 bits per heavy atom. The summed E-state index contributed by atoms with van der Waals surface area (Å²) in [5.41, 5.74) is 8.67. The van der Waals surface area contributed by atoms with E-state index in [1.165, 1.54) is 67.8 Å². The van der Waals surface area contributed by atoms with Crippen molar-refractivity contribution in [2.45, 2.75) is 39.5 Å². The molecular weight excluding hydrogens is 348 g/mol. The number of unbranched alkanes of at least 4 members (excludes halogenated alkanes) is 1. The number of hydrogen-bond acceptors (Lipinski definition) is 0. The highest BCUT2D eigenvalue weighted by Gasteiger charge is 2.28. The SMILES string of the molecule is CCCCc1c2c(c(CC)c3cc(Cl)ccc13)-c1cccc3cccc-2c13. The Kier molecular flexibility index (Phi) is 3.98. The molecule has 1 heteroatoms. The summed E-state index contributed by atoms with van der Waals surface area (Å²) in [6.07, 6.45) is 4.54. The highest BCUT2D eigenvalue weighted by molar-refractivity contribution is 6.31. The van der Waals surface area contributed by atoms with Crippen LogP contribution < -0.4 is 0 Å². The van der Waals surface area contributed by atoms with Crippen LogP contribution in [-0.2, 0) is 12.8 Å². The standard InChI is InChI=1S/C26H23Cl/c1-3-5-10-20-19-14-13-17(27)15-23(19)18(4-2)25-21-11-6-8-16-9-7-12-22(24(16)21)26(20)25/h6-9,11-15H,3-5,10H2,1-2H3. The van der Waals surface area contributed by atoms with Crippen LogP contribution in [0.3, 0.4) is 0 Å². The molecule has 4 aromatic carbocycles. The van der Waals surface area contributed by atoms with Gasteiger partial charge in [0, 0.05) is 5.02 Å². The third-order valence-electron chi connectivity index (χ3n) is 6.06. The summed E-state index contributed by atoms with van der Waals surface area (Å²) in [6, 6.07) is 20.0. The van der Waals surface area contributed by atoms with Crippen LogP contribution in [0.5, 0.6) is 0 Å². The maximum Gasteiger partial charge on any atom is 0.0412 e. The van der Waals surface area contributed by atoms with Crippen molar-refractivity contribution in [1.29, 1.82) is 0 Å². The number of aryl methyl sites for hydroxylation is 2. The zero-order chi connectivity index (χ0) is 18.5. The molecule has 0 radical (unpaired) electrons. The van der Waals surface area contributed by atoms with Crippen LogP contribution in [0.1, 0.15) is 37.8 Å². The topological polar surface area (TPSA) is 0 Å². The molecule has 0 atom stereocenters. The Morgan fingerprint density at radius 2 is 1.48 bits per heavy atom. The molecule has 134 valence electrons. The van der Waals surface area contributed by atoms with Gasteiger partial charge >= 0.3 is 0 Å². The zero-order valence-electron chi connectivity index (χ0n) is 15.9. The lowest BCUT2D eigenvalue weighted by molar-refractivity contribution is 0.800. The molecule has 0 aliphatic heterocycles. The van der Waals surface area contributed by atoms with Gasteiger partial charge in [0.2, 0.25) is 0 Å². The van der Waals surface area contributed by atoms with Gasteiger partial charge in [-0.25, -0.2) is 0 Å². The van der Waals surface area contributed by atoms with Crippen LogP contribution >= 0.6 is 11.6 Å². The second-order valence-corrected chi connectivity index (χ2v) is 8.00. The first kappa shape index (κ1) is 16.8. The van der Waals surface area contributed by atoms with Crippen LogP contribution in [0.15, 0.2) is 54.6 Å². The first-order valence-corrected chi connectivity index (χ1v) is 10.4. The minimum atomic E-state index is 0.826. The van der Waals surface area contributed by atoms with Crippen molar-refractivity contribution in [3.8, 4) is 22.3 Å². The van der Waals surface area contributed by atoms with E-state index >= 15 is 0 Å². The highest BCUT2D eigenvalue weighted by Crippen LogP contribution is 2.53. The lowest BCUT2D eigenvalue weighted by atomic mass is 9.85. The normalized spacial score (nSPS) is 12.1. The number of benzene rings is 4. The van der Waals surface area contributed by atoms with E-state index < -0.39 is 0 Å². The van der Waals surface area contributed by atoms with Crippen molar-refractivity contribution < 1.29 is 0 Å². The summed E-state index contributed by atoms with van der Waals surface area (Å²) in [7, 11) is 0. The van der Waals surface area contributed by atoms with E-state index in [1.54, 1.807) is 0 Å². The molecule has 0 N–H and O–H groups in total. The summed E-state index contributed by atoms with van der Waals surface area (Å²) >= 11 is 6.43. The second kappa shape index (κ2) is 6.39. The van der Waals surface area contributed by atoms with Crippen LogP contribution in [0.4, 0.5) is 0 Å². The fraction of sp³-hybridized carbons (Fsp3) is 0.231. The molecule has 0 heterocycles.